The Bertz CT molecular complexity index is 1260. The number of nitrogens with zero attached hydrogens (tertiary/aromatic N) is 8. The van der Waals surface area contributed by atoms with Gasteiger partial charge in [0.05, 0.1) is 24.5 Å². The molecule has 4 rings (SSSR count). The molecule has 12 heteroatoms. The van der Waals surface area contributed by atoms with E-state index in [1.807, 2.05) is 43.3 Å². The van der Waals surface area contributed by atoms with E-state index in [0.29, 0.717) is 34.5 Å². The first kappa shape index (κ1) is 24.0. The van der Waals surface area contributed by atoms with Crippen LogP contribution in [0.5, 0.6) is 0 Å². The van der Waals surface area contributed by atoms with Gasteiger partial charge in [-0.25, -0.2) is 9.97 Å². The van der Waals surface area contributed by atoms with Crippen molar-refractivity contribution in [3.05, 3.63) is 82.4 Å². The van der Waals surface area contributed by atoms with Gasteiger partial charge in [0.1, 0.15) is 12.7 Å². The predicted molar refractivity (Wildman–Crippen MR) is 132 cm³/mol. The molecule has 2 N–H and O–H groups in total. The van der Waals surface area contributed by atoms with E-state index in [-0.39, 0.29) is 0 Å². The minimum atomic E-state index is 0.491. The van der Waals surface area contributed by atoms with Crippen molar-refractivity contribution in [2.75, 3.05) is 24.2 Å². The number of aromatic nitrogens is 8. The van der Waals surface area contributed by atoms with Gasteiger partial charge in [-0.3, -0.25) is 9.97 Å². The van der Waals surface area contributed by atoms with Crippen molar-refractivity contribution >= 4 is 36.3 Å². The quantitative estimate of drug-likeness (QED) is 0.382. The van der Waals surface area contributed by atoms with Crippen LogP contribution in [0, 0.1) is 9.54 Å². The fraction of sp³-hybridized carbons (Fsp3) is 0.238. The normalized spacial score (nSPS) is 10.1. The summed E-state index contributed by atoms with van der Waals surface area (Å²) in [4.78, 5) is 25.0. The lowest BCUT2D eigenvalue weighted by atomic mass is 10.3. The first-order valence-electron chi connectivity index (χ1n) is 10.2. The molecule has 4 aromatic rings. The second-order valence-electron chi connectivity index (χ2n) is 6.60. The molecule has 0 saturated heterocycles. The van der Waals surface area contributed by atoms with Crippen LogP contribution in [0.4, 0.5) is 11.9 Å². The molecule has 170 valence electrons. The maximum absolute atomic E-state index is 5.20. The lowest BCUT2D eigenvalue weighted by Crippen LogP contribution is -2.09. The standard InChI is InChI=1S/C11H13N5S.C10H11N5S/c1-2-12-10-14-8-16(11(17)15-10)7-9-5-3-4-6-13-9;1-11-9-13-7-15(10(16)14-9)6-8-4-2-3-5-12-8/h3-6,8H,2,7H2,1H3,(H,12,15,17);2-5,7H,6H2,1H3,(H,11,14,16). The molecular weight excluding hydrogens is 456 g/mol. The van der Waals surface area contributed by atoms with Gasteiger partial charge in [-0.1, -0.05) is 12.1 Å². The van der Waals surface area contributed by atoms with Crippen molar-refractivity contribution in [1.29, 1.82) is 0 Å². The molecule has 0 bridgehead atoms. The first-order chi connectivity index (χ1) is 16.1. The van der Waals surface area contributed by atoms with E-state index in [4.69, 9.17) is 24.4 Å². The van der Waals surface area contributed by atoms with E-state index < -0.39 is 0 Å². The van der Waals surface area contributed by atoms with E-state index in [9.17, 15) is 0 Å². The number of rotatable bonds is 7. The van der Waals surface area contributed by atoms with Crippen LogP contribution in [0.1, 0.15) is 18.3 Å². The Morgan fingerprint density at radius 2 is 1.27 bits per heavy atom. The van der Waals surface area contributed by atoms with Crippen molar-refractivity contribution in [3.8, 4) is 0 Å². The monoisotopic (exact) mass is 480 g/mol. The van der Waals surface area contributed by atoms with E-state index in [1.165, 1.54) is 0 Å². The highest BCUT2D eigenvalue weighted by molar-refractivity contribution is 7.71. The number of hydrogen-bond donors (Lipinski definition) is 2. The van der Waals surface area contributed by atoms with Crippen molar-refractivity contribution in [3.63, 3.8) is 0 Å². The average Bonchev–Trinajstić information content (AvgIpc) is 2.84. The van der Waals surface area contributed by atoms with Gasteiger partial charge < -0.3 is 19.8 Å². The summed E-state index contributed by atoms with van der Waals surface area (Å²) >= 11 is 10.3. The van der Waals surface area contributed by atoms with E-state index >= 15 is 0 Å². The molecule has 0 aliphatic carbocycles. The largest absolute Gasteiger partial charge is 0.357 e. The third-order valence-electron chi connectivity index (χ3n) is 4.21. The summed E-state index contributed by atoms with van der Waals surface area (Å²) < 4.78 is 4.56. The molecule has 0 aromatic carbocycles. The topological polar surface area (TPSA) is 111 Å². The molecular formula is C21H24N10S2. The molecule has 10 nitrogen and oxygen atoms in total. The Kier molecular flexibility index (Phi) is 9.03. The molecule has 0 unspecified atom stereocenters. The number of anilines is 2. The van der Waals surface area contributed by atoms with Gasteiger partial charge in [-0.2, -0.15) is 9.97 Å². The summed E-state index contributed by atoms with van der Waals surface area (Å²) in [6.07, 6.45) is 6.85. The smallest absolute Gasteiger partial charge is 0.226 e. The highest BCUT2D eigenvalue weighted by Crippen LogP contribution is 2.02. The summed E-state index contributed by atoms with van der Waals surface area (Å²) in [6, 6.07) is 11.5. The van der Waals surface area contributed by atoms with Crippen molar-refractivity contribution in [1.82, 2.24) is 39.0 Å². The fourth-order valence-electron chi connectivity index (χ4n) is 2.63. The number of hydrogen-bond acceptors (Lipinski definition) is 10. The van der Waals surface area contributed by atoms with E-state index in [2.05, 4.69) is 40.5 Å². The molecule has 4 aromatic heterocycles. The Hall–Kier alpha value is -3.64. The van der Waals surface area contributed by atoms with Gasteiger partial charge in [0.15, 0.2) is 0 Å². The first-order valence-corrected chi connectivity index (χ1v) is 11.0. The van der Waals surface area contributed by atoms with Crippen LogP contribution in [0.25, 0.3) is 0 Å². The Morgan fingerprint density at radius 1 is 0.758 bits per heavy atom. The zero-order valence-electron chi connectivity index (χ0n) is 18.3. The Morgan fingerprint density at radius 3 is 1.70 bits per heavy atom. The van der Waals surface area contributed by atoms with E-state index in [1.54, 1.807) is 41.2 Å². The van der Waals surface area contributed by atoms with Crippen LogP contribution in [0.2, 0.25) is 0 Å². The number of pyridine rings is 2. The van der Waals surface area contributed by atoms with Crippen LogP contribution in [-0.4, -0.2) is 52.6 Å². The molecule has 0 aliphatic heterocycles. The van der Waals surface area contributed by atoms with Crippen molar-refractivity contribution < 1.29 is 0 Å². The lowest BCUT2D eigenvalue weighted by molar-refractivity contribution is 0.709. The maximum Gasteiger partial charge on any atom is 0.226 e. The zero-order valence-corrected chi connectivity index (χ0v) is 19.9. The van der Waals surface area contributed by atoms with Gasteiger partial charge in [0, 0.05) is 26.0 Å². The van der Waals surface area contributed by atoms with Gasteiger partial charge in [0.25, 0.3) is 0 Å². The highest BCUT2D eigenvalue weighted by Gasteiger charge is 2.00. The molecule has 0 radical (unpaired) electrons. The average molecular weight is 481 g/mol. The molecule has 4 heterocycles. The van der Waals surface area contributed by atoms with Crippen LogP contribution in [-0.2, 0) is 13.1 Å². The van der Waals surface area contributed by atoms with Gasteiger partial charge >= 0.3 is 0 Å². The second kappa shape index (κ2) is 12.4. The Balaban J connectivity index is 0.000000186. The second-order valence-corrected chi connectivity index (χ2v) is 7.33. The molecule has 0 fully saturated rings. The molecule has 0 spiro atoms. The minimum absolute atomic E-state index is 0.491. The van der Waals surface area contributed by atoms with Gasteiger partial charge in [-0.15, -0.1) is 0 Å². The van der Waals surface area contributed by atoms with Crippen molar-refractivity contribution in [2.24, 2.45) is 0 Å². The van der Waals surface area contributed by atoms with Gasteiger partial charge in [-0.05, 0) is 55.6 Å². The zero-order chi connectivity index (χ0) is 23.5. The predicted octanol–water partition coefficient (Wildman–Crippen LogP) is 3.38. The number of nitrogens with one attached hydrogen (secondary N) is 2. The van der Waals surface area contributed by atoms with Crippen LogP contribution in [0.3, 0.4) is 0 Å². The molecule has 0 atom stereocenters. The third kappa shape index (κ3) is 7.47. The summed E-state index contributed by atoms with van der Waals surface area (Å²) in [5, 5.41) is 5.86. The maximum atomic E-state index is 5.20. The molecule has 0 amide bonds. The molecule has 0 saturated carbocycles. The van der Waals surface area contributed by atoms with Gasteiger partial charge in [0.2, 0.25) is 21.4 Å². The SMILES string of the molecule is CCNc1ncn(Cc2ccccn2)c(=S)n1.CNc1ncn(Cc2ccccn2)c(=S)n1. The highest BCUT2D eigenvalue weighted by atomic mass is 32.1. The summed E-state index contributed by atoms with van der Waals surface area (Å²) in [5.41, 5.74) is 1.86. The summed E-state index contributed by atoms with van der Waals surface area (Å²) in [5.74, 6) is 1.09. The van der Waals surface area contributed by atoms with Crippen LogP contribution >= 0.6 is 24.4 Å². The van der Waals surface area contributed by atoms with Crippen LogP contribution < -0.4 is 10.6 Å². The van der Waals surface area contributed by atoms with E-state index in [0.717, 1.165) is 17.9 Å². The summed E-state index contributed by atoms with van der Waals surface area (Å²) in [6.45, 7) is 3.94. The van der Waals surface area contributed by atoms with Crippen LogP contribution in [0.15, 0.2) is 61.4 Å². The molecule has 0 aliphatic rings. The third-order valence-corrected chi connectivity index (χ3v) is 4.86. The molecule has 33 heavy (non-hydrogen) atoms. The summed E-state index contributed by atoms with van der Waals surface area (Å²) in [7, 11) is 1.76. The Labute approximate surface area is 201 Å². The minimum Gasteiger partial charge on any atom is -0.357 e. The lowest BCUT2D eigenvalue weighted by Gasteiger charge is -2.06. The fourth-order valence-corrected chi connectivity index (χ4v) is 3.02. The van der Waals surface area contributed by atoms with Crippen molar-refractivity contribution in [2.45, 2.75) is 20.0 Å².